The minimum Gasteiger partial charge on any atom is -0.481 e. The summed E-state index contributed by atoms with van der Waals surface area (Å²) in [5, 5.41) is 11.8. The van der Waals surface area contributed by atoms with Crippen molar-refractivity contribution in [3.05, 3.63) is 0 Å². The first-order valence-corrected chi connectivity index (χ1v) is 3.90. The molecular weight excluding hydrogens is 144 g/mol. The summed E-state index contributed by atoms with van der Waals surface area (Å²) < 4.78 is 0. The lowest BCUT2D eigenvalue weighted by Gasteiger charge is -2.26. The summed E-state index contributed by atoms with van der Waals surface area (Å²) in [5.41, 5.74) is 5.41. The summed E-state index contributed by atoms with van der Waals surface area (Å²) in [4.78, 5) is 10.5. The molecule has 4 nitrogen and oxygen atoms in total. The third-order valence-electron chi connectivity index (χ3n) is 2.13. The van der Waals surface area contributed by atoms with E-state index in [0.29, 0.717) is 13.0 Å². The molecule has 1 rings (SSSR count). The number of carboxylic acids is 1. The zero-order valence-corrected chi connectivity index (χ0v) is 6.42. The Bertz CT molecular complexity index is 149. The van der Waals surface area contributed by atoms with Gasteiger partial charge in [0.05, 0.1) is 5.92 Å². The van der Waals surface area contributed by atoms with Crippen molar-refractivity contribution in [3.8, 4) is 0 Å². The highest BCUT2D eigenvalue weighted by molar-refractivity contribution is 5.70. The van der Waals surface area contributed by atoms with Crippen LogP contribution in [-0.4, -0.2) is 30.2 Å². The maximum Gasteiger partial charge on any atom is 0.306 e. The highest BCUT2D eigenvalue weighted by Crippen LogP contribution is 2.15. The first-order chi connectivity index (χ1) is 5.24. The zero-order valence-electron chi connectivity index (χ0n) is 6.42. The average Bonchev–Trinajstić information content (AvgIpc) is 2.05. The molecule has 0 unspecified atom stereocenters. The van der Waals surface area contributed by atoms with Gasteiger partial charge in [0.25, 0.3) is 0 Å². The summed E-state index contributed by atoms with van der Waals surface area (Å²) in [7, 11) is 0. The van der Waals surface area contributed by atoms with Gasteiger partial charge < -0.3 is 16.2 Å². The molecule has 1 aliphatic rings. The molecule has 0 aromatic rings. The number of nitrogens with two attached hydrogens (primary N) is 1. The molecule has 1 fully saturated rings. The van der Waals surface area contributed by atoms with Crippen molar-refractivity contribution in [2.45, 2.75) is 18.9 Å². The molecule has 0 saturated carbocycles. The minimum absolute atomic E-state index is 0.190. The highest BCUT2D eigenvalue weighted by atomic mass is 16.4. The van der Waals surface area contributed by atoms with Gasteiger partial charge in [-0.15, -0.1) is 0 Å². The summed E-state index contributed by atoms with van der Waals surface area (Å²) in [5.74, 6) is -0.880. The van der Waals surface area contributed by atoms with Gasteiger partial charge in [-0.2, -0.15) is 0 Å². The van der Waals surface area contributed by atoms with Gasteiger partial charge in [0.2, 0.25) is 0 Å². The predicted octanol–water partition coefficient (Wildman–Crippen LogP) is -0.602. The van der Waals surface area contributed by atoms with Gasteiger partial charge in [-0.1, -0.05) is 0 Å². The predicted molar refractivity (Wildman–Crippen MR) is 41.2 cm³/mol. The summed E-state index contributed by atoms with van der Waals surface area (Å²) in [6, 6.07) is 0.199. The third kappa shape index (κ3) is 2.17. The van der Waals surface area contributed by atoms with Crippen LogP contribution < -0.4 is 11.1 Å². The smallest absolute Gasteiger partial charge is 0.306 e. The van der Waals surface area contributed by atoms with Crippen LogP contribution in [-0.2, 0) is 4.79 Å². The van der Waals surface area contributed by atoms with Crippen molar-refractivity contribution in [2.75, 3.05) is 13.1 Å². The highest BCUT2D eigenvalue weighted by Gasteiger charge is 2.25. The van der Waals surface area contributed by atoms with Gasteiger partial charge in [0.1, 0.15) is 0 Å². The molecule has 1 aliphatic heterocycles. The third-order valence-corrected chi connectivity index (χ3v) is 2.13. The Labute approximate surface area is 65.8 Å². The summed E-state index contributed by atoms with van der Waals surface area (Å²) in [6.45, 7) is 1.31. The Kier molecular flexibility index (Phi) is 2.84. The van der Waals surface area contributed by atoms with E-state index < -0.39 is 5.97 Å². The lowest BCUT2D eigenvalue weighted by atomic mass is 9.93. The van der Waals surface area contributed by atoms with E-state index in [0.717, 1.165) is 13.0 Å². The fourth-order valence-corrected chi connectivity index (χ4v) is 1.41. The lowest BCUT2D eigenvalue weighted by molar-refractivity contribution is -0.142. The Morgan fingerprint density at radius 2 is 2.45 bits per heavy atom. The maximum atomic E-state index is 10.5. The molecule has 4 heteroatoms. The molecule has 1 heterocycles. The van der Waals surface area contributed by atoms with Gasteiger partial charge in [0, 0.05) is 12.6 Å². The van der Waals surface area contributed by atoms with Crippen LogP contribution in [0.25, 0.3) is 0 Å². The maximum absolute atomic E-state index is 10.5. The molecule has 0 aromatic heterocycles. The van der Waals surface area contributed by atoms with E-state index >= 15 is 0 Å². The number of hydrogen-bond donors (Lipinski definition) is 3. The van der Waals surface area contributed by atoms with Crippen LogP contribution in [0.4, 0.5) is 0 Å². The van der Waals surface area contributed by atoms with Crippen LogP contribution >= 0.6 is 0 Å². The molecule has 0 aromatic carbocycles. The van der Waals surface area contributed by atoms with Gasteiger partial charge >= 0.3 is 5.97 Å². The summed E-state index contributed by atoms with van der Waals surface area (Å²) >= 11 is 0. The standard InChI is InChI=1S/C7H14N2O2/c8-4-6-3-5(7(10)11)1-2-9-6/h5-6,9H,1-4,8H2,(H,10,11)/t5-,6+/m1/s1. The zero-order chi connectivity index (χ0) is 8.27. The van der Waals surface area contributed by atoms with Gasteiger partial charge in [0.15, 0.2) is 0 Å². The van der Waals surface area contributed by atoms with E-state index in [-0.39, 0.29) is 12.0 Å². The molecule has 1 saturated heterocycles. The molecule has 0 aliphatic carbocycles. The number of piperidine rings is 1. The van der Waals surface area contributed by atoms with E-state index in [2.05, 4.69) is 5.32 Å². The Balaban J connectivity index is 2.39. The number of nitrogens with one attached hydrogen (secondary N) is 1. The van der Waals surface area contributed by atoms with E-state index in [1.165, 1.54) is 0 Å². The monoisotopic (exact) mass is 158 g/mol. The van der Waals surface area contributed by atoms with Crippen LogP contribution in [0.15, 0.2) is 0 Å². The van der Waals surface area contributed by atoms with Crippen molar-refractivity contribution in [2.24, 2.45) is 11.7 Å². The van der Waals surface area contributed by atoms with E-state index in [1.54, 1.807) is 0 Å². The second-order valence-electron chi connectivity index (χ2n) is 2.95. The minimum atomic E-state index is -0.690. The largest absolute Gasteiger partial charge is 0.481 e. The molecule has 64 valence electrons. The Hall–Kier alpha value is -0.610. The normalized spacial score (nSPS) is 31.7. The number of carboxylic acid groups (broad SMARTS) is 1. The van der Waals surface area contributed by atoms with Crippen molar-refractivity contribution in [1.82, 2.24) is 5.32 Å². The van der Waals surface area contributed by atoms with Crippen LogP contribution in [0.3, 0.4) is 0 Å². The quantitative estimate of drug-likeness (QED) is 0.501. The van der Waals surface area contributed by atoms with Gasteiger partial charge in [-0.05, 0) is 19.4 Å². The number of rotatable bonds is 2. The van der Waals surface area contributed by atoms with Crippen molar-refractivity contribution < 1.29 is 9.90 Å². The van der Waals surface area contributed by atoms with Crippen molar-refractivity contribution >= 4 is 5.97 Å². The first-order valence-electron chi connectivity index (χ1n) is 3.90. The Morgan fingerprint density at radius 3 is 3.00 bits per heavy atom. The van der Waals surface area contributed by atoms with Crippen LogP contribution in [0.1, 0.15) is 12.8 Å². The molecule has 0 spiro atoms. The molecule has 11 heavy (non-hydrogen) atoms. The first kappa shape index (κ1) is 8.49. The van der Waals surface area contributed by atoms with Crippen LogP contribution in [0.2, 0.25) is 0 Å². The Morgan fingerprint density at radius 1 is 1.73 bits per heavy atom. The SMILES string of the molecule is NC[C@@H]1C[C@H](C(=O)O)CCN1. The number of hydrogen-bond acceptors (Lipinski definition) is 3. The molecular formula is C7H14N2O2. The summed E-state index contributed by atoms with van der Waals surface area (Å²) in [6.07, 6.45) is 1.40. The fraction of sp³-hybridized carbons (Fsp3) is 0.857. The number of aliphatic carboxylic acids is 1. The van der Waals surface area contributed by atoms with Gasteiger partial charge in [-0.25, -0.2) is 0 Å². The topological polar surface area (TPSA) is 75.4 Å². The molecule has 4 N–H and O–H groups in total. The molecule has 2 atom stereocenters. The molecule has 0 amide bonds. The van der Waals surface area contributed by atoms with Crippen molar-refractivity contribution in [3.63, 3.8) is 0 Å². The van der Waals surface area contributed by atoms with Crippen LogP contribution in [0, 0.1) is 5.92 Å². The van der Waals surface area contributed by atoms with E-state index in [4.69, 9.17) is 10.8 Å². The van der Waals surface area contributed by atoms with E-state index in [1.807, 2.05) is 0 Å². The fourth-order valence-electron chi connectivity index (χ4n) is 1.41. The average molecular weight is 158 g/mol. The lowest BCUT2D eigenvalue weighted by Crippen LogP contribution is -2.44. The number of carbonyl (C=O) groups is 1. The second-order valence-corrected chi connectivity index (χ2v) is 2.95. The van der Waals surface area contributed by atoms with E-state index in [9.17, 15) is 4.79 Å². The molecule has 0 bridgehead atoms. The molecule has 0 radical (unpaired) electrons. The van der Waals surface area contributed by atoms with Gasteiger partial charge in [-0.3, -0.25) is 4.79 Å². The second kappa shape index (κ2) is 3.69. The van der Waals surface area contributed by atoms with Crippen molar-refractivity contribution in [1.29, 1.82) is 0 Å². The van der Waals surface area contributed by atoms with Crippen LogP contribution in [0.5, 0.6) is 0 Å².